The monoisotopic (exact) mass is 375 g/mol. The van der Waals surface area contributed by atoms with Gasteiger partial charge < -0.3 is 10.4 Å². The van der Waals surface area contributed by atoms with Gasteiger partial charge in [-0.15, -0.1) is 0 Å². The molecule has 1 aliphatic carbocycles. The summed E-state index contributed by atoms with van der Waals surface area (Å²) in [5, 5.41) is 13.0. The first-order chi connectivity index (χ1) is 12.3. The first kappa shape index (κ1) is 19.0. The fourth-order valence-corrected chi connectivity index (χ4v) is 4.33. The second-order valence-corrected chi connectivity index (χ2v) is 8.54. The lowest BCUT2D eigenvalue weighted by Crippen LogP contribution is -2.44. The molecule has 1 fully saturated rings. The lowest BCUT2D eigenvalue weighted by molar-refractivity contribution is -0.118. The Bertz CT molecular complexity index is 759. The molecule has 2 N–H and O–H groups in total. The van der Waals surface area contributed by atoms with Crippen molar-refractivity contribution in [3.05, 3.63) is 39.9 Å². The van der Waals surface area contributed by atoms with Gasteiger partial charge in [0.2, 0.25) is 0 Å². The molecule has 1 saturated carbocycles. The van der Waals surface area contributed by atoms with E-state index in [-0.39, 0.29) is 27.8 Å². The number of fused-ring (bicyclic) bond motifs is 1. The summed E-state index contributed by atoms with van der Waals surface area (Å²) in [6.45, 7) is 4.14. The number of rotatable bonds is 3. The Morgan fingerprint density at radius 2 is 1.85 bits per heavy atom. The Balaban J connectivity index is 2.00. The number of carboxylic acids is 1. The van der Waals surface area contributed by atoms with Gasteiger partial charge in [0.15, 0.2) is 5.78 Å². The quantitative estimate of drug-likeness (QED) is 0.585. The zero-order valence-corrected chi connectivity index (χ0v) is 16.2. The van der Waals surface area contributed by atoms with Crippen molar-refractivity contribution < 1.29 is 14.7 Å². The molecule has 0 amide bonds. The predicted octanol–water partition coefficient (Wildman–Crippen LogP) is 4.84. The molecule has 0 aromatic heterocycles. The first-order valence-corrected chi connectivity index (χ1v) is 9.74. The molecule has 2 aliphatic rings. The van der Waals surface area contributed by atoms with Crippen LogP contribution in [0.3, 0.4) is 0 Å². The number of ketones is 1. The van der Waals surface area contributed by atoms with Crippen LogP contribution in [0, 0.1) is 5.92 Å². The second kappa shape index (κ2) is 7.43. The van der Waals surface area contributed by atoms with Gasteiger partial charge in [0.25, 0.3) is 0 Å². The summed E-state index contributed by atoms with van der Waals surface area (Å²) in [7, 11) is 0. The van der Waals surface area contributed by atoms with E-state index in [1.54, 1.807) is 18.2 Å². The van der Waals surface area contributed by atoms with Gasteiger partial charge in [-0.3, -0.25) is 4.79 Å². The number of aromatic carboxylic acids is 1. The molecular weight excluding hydrogens is 350 g/mol. The van der Waals surface area contributed by atoms with E-state index < -0.39 is 5.97 Å². The number of carbonyl (C=O) groups excluding carboxylic acids is 1. The molecule has 0 spiro atoms. The van der Waals surface area contributed by atoms with Gasteiger partial charge in [-0.1, -0.05) is 37.3 Å². The summed E-state index contributed by atoms with van der Waals surface area (Å²) in [6, 6.07) is 3.32. The molecule has 1 aromatic carbocycles. The number of hydrogen-bond donors (Lipinski definition) is 2. The van der Waals surface area contributed by atoms with Crippen molar-refractivity contribution in [3.8, 4) is 0 Å². The minimum absolute atomic E-state index is 0.0692. The molecule has 1 aliphatic heterocycles. The van der Waals surface area contributed by atoms with Gasteiger partial charge in [-0.25, -0.2) is 4.79 Å². The molecule has 0 atom stereocenters. The van der Waals surface area contributed by atoms with E-state index in [1.165, 1.54) is 12.8 Å². The molecule has 140 valence electrons. The average Bonchev–Trinajstić information content (AvgIpc) is 2.82. The molecule has 1 heterocycles. The zero-order chi connectivity index (χ0) is 18.9. The van der Waals surface area contributed by atoms with Crippen molar-refractivity contribution in [2.75, 3.05) is 0 Å². The maximum atomic E-state index is 12.9. The van der Waals surface area contributed by atoms with Crippen molar-refractivity contribution in [3.63, 3.8) is 0 Å². The molecule has 0 radical (unpaired) electrons. The molecule has 26 heavy (non-hydrogen) atoms. The molecule has 1 aromatic rings. The SMILES string of the molecule is CC1(C)Cc2cc(Cl)c(C(=O)O)cc2C(=CC(=O)C2CCCCCC2)N1. The molecule has 0 saturated heterocycles. The average molecular weight is 376 g/mol. The predicted molar refractivity (Wildman–Crippen MR) is 104 cm³/mol. The minimum Gasteiger partial charge on any atom is -0.478 e. The Labute approximate surface area is 159 Å². The lowest BCUT2D eigenvalue weighted by atomic mass is 9.84. The molecule has 0 bridgehead atoms. The van der Waals surface area contributed by atoms with Crippen LogP contribution in [0.25, 0.3) is 5.70 Å². The van der Waals surface area contributed by atoms with Crippen LogP contribution in [0.4, 0.5) is 0 Å². The van der Waals surface area contributed by atoms with Crippen LogP contribution < -0.4 is 5.32 Å². The van der Waals surface area contributed by atoms with E-state index in [0.717, 1.165) is 43.2 Å². The highest BCUT2D eigenvalue weighted by molar-refractivity contribution is 6.33. The zero-order valence-electron chi connectivity index (χ0n) is 15.4. The highest BCUT2D eigenvalue weighted by Gasteiger charge is 2.30. The smallest absolute Gasteiger partial charge is 0.337 e. The third-order valence-corrected chi connectivity index (χ3v) is 5.68. The summed E-state index contributed by atoms with van der Waals surface area (Å²) >= 11 is 6.15. The van der Waals surface area contributed by atoms with Crippen LogP contribution in [0.1, 0.15) is 73.9 Å². The fourth-order valence-electron chi connectivity index (χ4n) is 4.07. The van der Waals surface area contributed by atoms with Gasteiger partial charge in [0, 0.05) is 28.8 Å². The molecular formula is C21H26ClNO3. The van der Waals surface area contributed by atoms with E-state index in [2.05, 4.69) is 19.2 Å². The van der Waals surface area contributed by atoms with Crippen molar-refractivity contribution >= 4 is 29.1 Å². The number of hydrogen-bond acceptors (Lipinski definition) is 3. The number of benzene rings is 1. The summed E-state index contributed by atoms with van der Waals surface area (Å²) in [5.74, 6) is -0.839. The number of carboxylic acid groups (broad SMARTS) is 1. The van der Waals surface area contributed by atoms with Crippen molar-refractivity contribution in [2.24, 2.45) is 5.92 Å². The van der Waals surface area contributed by atoms with Crippen LogP contribution in [0.15, 0.2) is 18.2 Å². The van der Waals surface area contributed by atoms with E-state index in [1.807, 2.05) is 0 Å². The third-order valence-electron chi connectivity index (χ3n) is 5.36. The third kappa shape index (κ3) is 4.12. The second-order valence-electron chi connectivity index (χ2n) is 8.13. The molecule has 4 nitrogen and oxygen atoms in total. The number of halogens is 1. The van der Waals surface area contributed by atoms with Gasteiger partial charge >= 0.3 is 5.97 Å². The van der Waals surface area contributed by atoms with Crippen molar-refractivity contribution in [1.82, 2.24) is 5.32 Å². The van der Waals surface area contributed by atoms with Gasteiger partial charge in [-0.05, 0) is 50.8 Å². The van der Waals surface area contributed by atoms with Gasteiger partial charge in [-0.2, -0.15) is 0 Å². The standard InChI is InChI=1S/C21H26ClNO3/c1-21(2)12-14-9-17(22)16(20(25)26)10-15(14)18(23-21)11-19(24)13-7-5-3-4-6-8-13/h9-11,13,23H,3-8,12H2,1-2H3,(H,25,26). The topological polar surface area (TPSA) is 66.4 Å². The molecule has 5 heteroatoms. The highest BCUT2D eigenvalue weighted by Crippen LogP contribution is 2.34. The number of nitrogens with one attached hydrogen (secondary N) is 1. The Kier molecular flexibility index (Phi) is 5.42. The van der Waals surface area contributed by atoms with Gasteiger partial charge in [0.1, 0.15) is 0 Å². The summed E-state index contributed by atoms with van der Waals surface area (Å²) in [5.41, 5.74) is 2.30. The van der Waals surface area contributed by atoms with Gasteiger partial charge in [0.05, 0.1) is 10.6 Å². The highest BCUT2D eigenvalue weighted by atomic mass is 35.5. The normalized spacial score (nSPS) is 21.6. The maximum Gasteiger partial charge on any atom is 0.337 e. The van der Waals surface area contributed by atoms with Crippen LogP contribution in [-0.4, -0.2) is 22.4 Å². The Morgan fingerprint density at radius 1 is 1.19 bits per heavy atom. The largest absolute Gasteiger partial charge is 0.478 e. The first-order valence-electron chi connectivity index (χ1n) is 9.37. The van der Waals surface area contributed by atoms with E-state index >= 15 is 0 Å². The Morgan fingerprint density at radius 3 is 2.46 bits per heavy atom. The van der Waals surface area contributed by atoms with E-state index in [9.17, 15) is 14.7 Å². The minimum atomic E-state index is -1.06. The molecule has 3 rings (SSSR count). The summed E-state index contributed by atoms with van der Waals surface area (Å²) in [4.78, 5) is 24.3. The Hall–Kier alpha value is -1.81. The number of carbonyl (C=O) groups is 2. The summed E-state index contributed by atoms with van der Waals surface area (Å²) in [6.07, 6.45) is 8.91. The van der Waals surface area contributed by atoms with Crippen LogP contribution in [0.5, 0.6) is 0 Å². The maximum absolute atomic E-state index is 12.9. The van der Waals surface area contributed by atoms with Crippen molar-refractivity contribution in [1.29, 1.82) is 0 Å². The fraction of sp³-hybridized carbons (Fsp3) is 0.524. The van der Waals surface area contributed by atoms with Crippen LogP contribution >= 0.6 is 11.6 Å². The summed E-state index contributed by atoms with van der Waals surface area (Å²) < 4.78 is 0. The number of allylic oxidation sites excluding steroid dienone is 1. The van der Waals surface area contributed by atoms with E-state index in [4.69, 9.17) is 11.6 Å². The van der Waals surface area contributed by atoms with Crippen molar-refractivity contribution in [2.45, 2.75) is 64.3 Å². The van der Waals surface area contributed by atoms with Crippen LogP contribution in [0.2, 0.25) is 5.02 Å². The van der Waals surface area contributed by atoms with E-state index in [0.29, 0.717) is 5.70 Å². The van der Waals surface area contributed by atoms with Crippen LogP contribution in [-0.2, 0) is 11.2 Å². The molecule has 0 unspecified atom stereocenters. The lowest BCUT2D eigenvalue weighted by Gasteiger charge is -2.36.